The molecule has 1 aromatic carbocycles. The molecule has 0 fully saturated rings. The van der Waals surface area contributed by atoms with Crippen LogP contribution in [0.4, 0.5) is 5.82 Å². The van der Waals surface area contributed by atoms with Crippen LogP contribution in [0.5, 0.6) is 0 Å². The lowest BCUT2D eigenvalue weighted by Gasteiger charge is -2.14. The first-order valence-electron chi connectivity index (χ1n) is 8.24. The van der Waals surface area contributed by atoms with Crippen molar-refractivity contribution >= 4 is 24.1 Å². The van der Waals surface area contributed by atoms with Crippen molar-refractivity contribution < 1.29 is 9.53 Å². The van der Waals surface area contributed by atoms with Crippen molar-refractivity contribution in [3.05, 3.63) is 60.0 Å². The average Bonchev–Trinajstić information content (AvgIpc) is 3.11. The van der Waals surface area contributed by atoms with Gasteiger partial charge in [0.05, 0.1) is 12.3 Å². The van der Waals surface area contributed by atoms with Gasteiger partial charge in [-0.3, -0.25) is 9.36 Å². The van der Waals surface area contributed by atoms with Gasteiger partial charge in [-0.15, -0.1) is 12.4 Å². The van der Waals surface area contributed by atoms with E-state index in [0.29, 0.717) is 24.5 Å². The number of nitrogens with two attached hydrogens (primary N) is 1. The molecule has 8 heteroatoms. The summed E-state index contributed by atoms with van der Waals surface area (Å²) in [5.41, 5.74) is 9.02. The van der Waals surface area contributed by atoms with E-state index in [1.165, 1.54) is 0 Å². The van der Waals surface area contributed by atoms with Crippen LogP contribution in [0.3, 0.4) is 0 Å². The predicted molar refractivity (Wildman–Crippen MR) is 107 cm³/mol. The Kier molecular flexibility index (Phi) is 6.92. The Labute approximate surface area is 164 Å². The number of aromatic nitrogens is 3. The second kappa shape index (κ2) is 9.16. The van der Waals surface area contributed by atoms with Crippen LogP contribution in [0.15, 0.2) is 48.9 Å². The molecule has 3 rings (SSSR count). The third kappa shape index (κ3) is 4.45. The molecule has 0 unspecified atom stereocenters. The van der Waals surface area contributed by atoms with Gasteiger partial charge in [-0.05, 0) is 36.8 Å². The summed E-state index contributed by atoms with van der Waals surface area (Å²) >= 11 is 0. The smallest absolute Gasteiger partial charge is 0.251 e. The number of hydrogen-bond acceptors (Lipinski definition) is 5. The minimum atomic E-state index is -0.128. The van der Waals surface area contributed by atoms with Crippen LogP contribution >= 0.6 is 12.4 Å². The number of methoxy groups -OCH3 is 1. The van der Waals surface area contributed by atoms with Gasteiger partial charge < -0.3 is 15.8 Å². The predicted octanol–water partition coefficient (Wildman–Crippen LogP) is 2.62. The minimum Gasteiger partial charge on any atom is -0.384 e. The van der Waals surface area contributed by atoms with Crippen LogP contribution < -0.4 is 11.1 Å². The zero-order valence-electron chi connectivity index (χ0n) is 15.2. The molecular formula is C19H22ClN5O2. The van der Waals surface area contributed by atoms with E-state index in [2.05, 4.69) is 15.3 Å². The van der Waals surface area contributed by atoms with E-state index in [1.54, 1.807) is 25.6 Å². The molecule has 0 saturated heterocycles. The molecule has 3 N–H and O–H groups in total. The van der Waals surface area contributed by atoms with Crippen LogP contribution in [0.2, 0.25) is 0 Å². The molecule has 0 saturated carbocycles. The Morgan fingerprint density at radius 3 is 2.81 bits per heavy atom. The molecule has 0 aliphatic carbocycles. The maximum atomic E-state index is 12.4. The van der Waals surface area contributed by atoms with Gasteiger partial charge in [0.15, 0.2) is 0 Å². The molecule has 3 aromatic rings. The lowest BCUT2D eigenvalue weighted by Crippen LogP contribution is -2.27. The second-order valence-corrected chi connectivity index (χ2v) is 5.79. The lowest BCUT2D eigenvalue weighted by molar-refractivity contribution is 0.0936. The van der Waals surface area contributed by atoms with Gasteiger partial charge in [-0.25, -0.2) is 9.97 Å². The number of carbonyl (C=O) groups is 1. The number of carbonyl (C=O) groups excluding carboxylic acids is 1. The maximum absolute atomic E-state index is 12.4. The van der Waals surface area contributed by atoms with Gasteiger partial charge in [-0.1, -0.05) is 6.07 Å². The van der Waals surface area contributed by atoms with Gasteiger partial charge in [0.2, 0.25) is 0 Å². The molecular weight excluding hydrogens is 366 g/mol. The van der Waals surface area contributed by atoms with E-state index in [-0.39, 0.29) is 18.3 Å². The number of ether oxygens (including phenoxy) is 1. The van der Waals surface area contributed by atoms with Crippen molar-refractivity contribution in [3.63, 3.8) is 0 Å². The number of nitrogens with one attached hydrogen (secondary N) is 1. The van der Waals surface area contributed by atoms with E-state index in [4.69, 9.17) is 10.5 Å². The second-order valence-electron chi connectivity index (χ2n) is 5.79. The van der Waals surface area contributed by atoms with Crippen molar-refractivity contribution in [2.75, 3.05) is 26.0 Å². The van der Waals surface area contributed by atoms with E-state index in [0.717, 1.165) is 22.6 Å². The Hall–Kier alpha value is -2.90. The van der Waals surface area contributed by atoms with Crippen molar-refractivity contribution in [2.24, 2.45) is 0 Å². The molecule has 0 radical (unpaired) electrons. The third-order valence-corrected chi connectivity index (χ3v) is 4.08. The Balaban J connectivity index is 0.00000261. The summed E-state index contributed by atoms with van der Waals surface area (Å²) in [6, 6.07) is 9.25. The van der Waals surface area contributed by atoms with Gasteiger partial charge >= 0.3 is 0 Å². The number of benzene rings is 1. The number of imidazole rings is 1. The highest BCUT2D eigenvalue weighted by atomic mass is 35.5. The Morgan fingerprint density at radius 1 is 1.26 bits per heavy atom. The number of nitrogen functional groups attached to an aromatic ring is 1. The molecule has 0 aliphatic heterocycles. The number of hydrogen-bond donors (Lipinski definition) is 2. The monoisotopic (exact) mass is 387 g/mol. The fourth-order valence-electron chi connectivity index (χ4n) is 2.79. The summed E-state index contributed by atoms with van der Waals surface area (Å²) in [7, 11) is 1.60. The van der Waals surface area contributed by atoms with Gasteiger partial charge in [0.25, 0.3) is 5.91 Å². The fraction of sp³-hybridized carbons (Fsp3) is 0.211. The summed E-state index contributed by atoms with van der Waals surface area (Å²) < 4.78 is 6.91. The van der Waals surface area contributed by atoms with Crippen LogP contribution in [-0.4, -0.2) is 40.7 Å². The normalized spacial score (nSPS) is 10.3. The number of halogens is 1. The highest BCUT2D eigenvalue weighted by Crippen LogP contribution is 2.25. The largest absolute Gasteiger partial charge is 0.384 e. The first-order chi connectivity index (χ1) is 12.6. The zero-order chi connectivity index (χ0) is 18.5. The van der Waals surface area contributed by atoms with Crippen molar-refractivity contribution in [2.45, 2.75) is 6.92 Å². The van der Waals surface area contributed by atoms with Crippen LogP contribution in [0.25, 0.3) is 17.1 Å². The summed E-state index contributed by atoms with van der Waals surface area (Å²) in [5, 5.41) is 2.85. The SMILES string of the molecule is COCCNC(=O)c1cccc(-n2ccnc2-c2ccnc(N)c2)c1C.Cl. The minimum absolute atomic E-state index is 0. The molecule has 0 aliphatic rings. The Morgan fingerprint density at radius 2 is 2.07 bits per heavy atom. The zero-order valence-corrected chi connectivity index (χ0v) is 16.0. The molecule has 2 heterocycles. The fourth-order valence-corrected chi connectivity index (χ4v) is 2.79. The highest BCUT2D eigenvalue weighted by molar-refractivity contribution is 5.96. The highest BCUT2D eigenvalue weighted by Gasteiger charge is 2.15. The topological polar surface area (TPSA) is 95.1 Å². The van der Waals surface area contributed by atoms with Gasteiger partial charge in [-0.2, -0.15) is 0 Å². The molecule has 142 valence electrons. The van der Waals surface area contributed by atoms with Gasteiger partial charge in [0.1, 0.15) is 11.6 Å². The number of amides is 1. The van der Waals surface area contributed by atoms with Crippen molar-refractivity contribution in [1.29, 1.82) is 0 Å². The molecule has 0 atom stereocenters. The summed E-state index contributed by atoms with van der Waals surface area (Å²) in [4.78, 5) is 20.9. The van der Waals surface area contributed by atoms with E-state index < -0.39 is 0 Å². The maximum Gasteiger partial charge on any atom is 0.251 e. The summed E-state index contributed by atoms with van der Waals surface area (Å²) in [5.74, 6) is 1.04. The molecule has 2 aromatic heterocycles. The number of rotatable bonds is 6. The molecule has 27 heavy (non-hydrogen) atoms. The van der Waals surface area contributed by atoms with Crippen LogP contribution in [0.1, 0.15) is 15.9 Å². The van der Waals surface area contributed by atoms with Crippen LogP contribution in [0, 0.1) is 6.92 Å². The van der Waals surface area contributed by atoms with E-state index in [9.17, 15) is 4.79 Å². The number of anilines is 1. The first-order valence-corrected chi connectivity index (χ1v) is 8.24. The molecule has 0 spiro atoms. The third-order valence-electron chi connectivity index (χ3n) is 4.08. The van der Waals surface area contributed by atoms with Crippen molar-refractivity contribution in [3.8, 4) is 17.1 Å². The summed E-state index contributed by atoms with van der Waals surface area (Å²) in [6.07, 6.45) is 5.23. The first kappa shape index (κ1) is 20.4. The van der Waals surface area contributed by atoms with Gasteiger partial charge in [0, 0.05) is 43.4 Å². The molecule has 1 amide bonds. The standard InChI is InChI=1S/C19H21N5O2.ClH/c1-13-15(19(25)23-9-11-26-2)4-3-5-16(13)24-10-8-22-18(24)14-6-7-21-17(20)12-14;/h3-8,10,12H,9,11H2,1-2H3,(H2,20,21)(H,23,25);1H. The molecule has 0 bridgehead atoms. The van der Waals surface area contributed by atoms with E-state index in [1.807, 2.05) is 42.0 Å². The number of nitrogens with zero attached hydrogens (tertiary/aromatic N) is 3. The molecule has 7 nitrogen and oxygen atoms in total. The van der Waals surface area contributed by atoms with Crippen molar-refractivity contribution in [1.82, 2.24) is 19.9 Å². The number of pyridine rings is 1. The average molecular weight is 388 g/mol. The summed E-state index contributed by atoms with van der Waals surface area (Å²) in [6.45, 7) is 2.86. The van der Waals surface area contributed by atoms with Crippen LogP contribution in [-0.2, 0) is 4.74 Å². The quantitative estimate of drug-likeness (QED) is 0.634. The van der Waals surface area contributed by atoms with E-state index >= 15 is 0 Å². The Bertz CT molecular complexity index is 926. The lowest BCUT2D eigenvalue weighted by atomic mass is 10.1.